The highest BCUT2D eigenvalue weighted by molar-refractivity contribution is 7.71. The third kappa shape index (κ3) is 4.45. The number of aromatic nitrogens is 3. The fourth-order valence-corrected chi connectivity index (χ4v) is 5.01. The number of allylic oxidation sites excluding steroid dienone is 1. The molecule has 0 saturated heterocycles. The molecule has 6 rings (SSSR count). The van der Waals surface area contributed by atoms with Crippen LogP contribution in [0.15, 0.2) is 89.7 Å². The van der Waals surface area contributed by atoms with Crippen LogP contribution in [0.4, 0.5) is 0 Å². The molecule has 3 aromatic carbocycles. The maximum Gasteiger partial charge on any atom is 0.262 e. The number of ether oxygens (including phenoxy) is 1. The van der Waals surface area contributed by atoms with E-state index in [-0.39, 0.29) is 16.2 Å². The summed E-state index contributed by atoms with van der Waals surface area (Å²) in [6.45, 7) is 0. The van der Waals surface area contributed by atoms with E-state index in [0.717, 1.165) is 52.7 Å². The Bertz CT molecular complexity index is 1770. The maximum atomic E-state index is 12.9. The van der Waals surface area contributed by atoms with Gasteiger partial charge in [-0.15, -0.1) is 0 Å². The topological polar surface area (TPSA) is 80.1 Å². The van der Waals surface area contributed by atoms with Crippen LogP contribution in [0.1, 0.15) is 29.7 Å². The molecule has 182 valence electrons. The smallest absolute Gasteiger partial charge is 0.262 e. The number of H-pyrrole nitrogens is 1. The molecule has 0 bridgehead atoms. The number of aromatic amines is 1. The molecule has 0 unspecified atom stereocenters. The zero-order valence-corrected chi connectivity index (χ0v) is 20.7. The lowest BCUT2D eigenvalue weighted by Crippen LogP contribution is -2.16. The minimum absolute atomic E-state index is 0.109. The third-order valence-electron chi connectivity index (χ3n) is 6.52. The molecule has 0 atom stereocenters. The number of hydrogen-bond acceptors (Lipinski definition) is 5. The molecule has 0 aliphatic heterocycles. The van der Waals surface area contributed by atoms with Crippen LogP contribution in [0, 0.1) is 4.77 Å². The van der Waals surface area contributed by atoms with E-state index in [9.17, 15) is 9.90 Å². The summed E-state index contributed by atoms with van der Waals surface area (Å²) in [5, 5.41) is 12.3. The van der Waals surface area contributed by atoms with Crippen molar-refractivity contribution in [1.29, 1.82) is 0 Å². The first-order valence-corrected chi connectivity index (χ1v) is 12.5. The lowest BCUT2D eigenvalue weighted by Gasteiger charge is -2.19. The second-order valence-electron chi connectivity index (χ2n) is 8.94. The summed E-state index contributed by atoms with van der Waals surface area (Å²) in [5.41, 5.74) is 4.28. The van der Waals surface area contributed by atoms with E-state index in [4.69, 9.17) is 21.9 Å². The maximum absolute atomic E-state index is 12.9. The molecule has 0 fully saturated rings. The average molecular weight is 506 g/mol. The molecule has 0 saturated carbocycles. The Hall–Kier alpha value is -4.49. The number of pyridine rings is 1. The summed E-state index contributed by atoms with van der Waals surface area (Å²) in [5.74, 6) is 1.16. The number of hydrogen-bond donors (Lipinski definition) is 2. The first-order valence-electron chi connectivity index (χ1n) is 12.1. The van der Waals surface area contributed by atoms with Gasteiger partial charge in [0.15, 0.2) is 4.77 Å². The lowest BCUT2D eigenvalue weighted by molar-refractivity contribution is 0.431. The molecule has 0 spiro atoms. The number of aromatic hydroxyl groups is 1. The van der Waals surface area contributed by atoms with E-state index >= 15 is 0 Å². The van der Waals surface area contributed by atoms with Gasteiger partial charge in [-0.05, 0) is 97.2 Å². The monoisotopic (exact) mass is 505 g/mol. The van der Waals surface area contributed by atoms with Gasteiger partial charge in [0.25, 0.3) is 5.56 Å². The fraction of sp³-hybridized carbons (Fsp3) is 0.100. The van der Waals surface area contributed by atoms with Crippen molar-refractivity contribution < 1.29 is 9.84 Å². The van der Waals surface area contributed by atoms with Crippen LogP contribution in [0.2, 0.25) is 0 Å². The van der Waals surface area contributed by atoms with Crippen LogP contribution in [-0.2, 0) is 6.42 Å². The van der Waals surface area contributed by atoms with Crippen molar-refractivity contribution in [3.05, 3.63) is 117 Å². The van der Waals surface area contributed by atoms with E-state index < -0.39 is 5.56 Å². The number of nitrogens with one attached hydrogen (secondary N) is 1. The van der Waals surface area contributed by atoms with Gasteiger partial charge >= 0.3 is 0 Å². The van der Waals surface area contributed by atoms with Crippen molar-refractivity contribution in [3.63, 3.8) is 0 Å². The van der Waals surface area contributed by atoms with Gasteiger partial charge in [-0.2, -0.15) is 0 Å². The summed E-state index contributed by atoms with van der Waals surface area (Å²) >= 11 is 5.41. The predicted octanol–water partition coefficient (Wildman–Crippen LogP) is 6.82. The van der Waals surface area contributed by atoms with Gasteiger partial charge in [0.2, 0.25) is 5.88 Å². The largest absolute Gasteiger partial charge is 0.494 e. The van der Waals surface area contributed by atoms with Gasteiger partial charge in [0.05, 0.1) is 11.2 Å². The summed E-state index contributed by atoms with van der Waals surface area (Å²) in [6.07, 6.45) is 4.35. The van der Waals surface area contributed by atoms with Gasteiger partial charge in [-0.3, -0.25) is 19.3 Å². The highest BCUT2D eigenvalue weighted by Crippen LogP contribution is 2.34. The van der Waals surface area contributed by atoms with Gasteiger partial charge in [-0.1, -0.05) is 36.4 Å². The summed E-state index contributed by atoms with van der Waals surface area (Å²) in [6, 6.07) is 26.8. The molecule has 1 aliphatic carbocycles. The Balaban J connectivity index is 1.40. The van der Waals surface area contributed by atoms with Crippen molar-refractivity contribution in [1.82, 2.24) is 14.5 Å². The Morgan fingerprint density at radius 2 is 1.68 bits per heavy atom. The van der Waals surface area contributed by atoms with Gasteiger partial charge in [-0.25, -0.2) is 0 Å². The molecule has 37 heavy (non-hydrogen) atoms. The van der Waals surface area contributed by atoms with Crippen molar-refractivity contribution in [3.8, 4) is 23.1 Å². The Kier molecular flexibility index (Phi) is 5.90. The SMILES string of the molecule is O=c1[nH]c(=S)n(-c2ccc(Oc3ccccc3)cc2)c(O)c1C=C1CCCc2nc3ccccc3cc21. The van der Waals surface area contributed by atoms with E-state index in [1.165, 1.54) is 4.57 Å². The molecule has 0 amide bonds. The van der Waals surface area contributed by atoms with Crippen LogP contribution >= 0.6 is 12.2 Å². The number of aryl methyl sites for hydroxylation is 1. The van der Waals surface area contributed by atoms with Crippen LogP contribution in [0.3, 0.4) is 0 Å². The molecule has 2 N–H and O–H groups in total. The zero-order valence-electron chi connectivity index (χ0n) is 19.8. The molecule has 1 aliphatic rings. The van der Waals surface area contributed by atoms with Gasteiger partial charge < -0.3 is 9.84 Å². The Morgan fingerprint density at radius 1 is 0.946 bits per heavy atom. The first kappa shape index (κ1) is 22.9. The normalized spacial score (nSPS) is 14.0. The van der Waals surface area contributed by atoms with Crippen LogP contribution < -0.4 is 10.3 Å². The highest BCUT2D eigenvalue weighted by atomic mass is 32.1. The summed E-state index contributed by atoms with van der Waals surface area (Å²) in [4.78, 5) is 20.5. The predicted molar refractivity (Wildman–Crippen MR) is 148 cm³/mol. The number of rotatable bonds is 4. The molecule has 2 aromatic heterocycles. The van der Waals surface area contributed by atoms with Crippen LogP contribution in [-0.4, -0.2) is 19.6 Å². The zero-order chi connectivity index (χ0) is 25.4. The fourth-order valence-electron chi connectivity index (χ4n) is 4.73. The lowest BCUT2D eigenvalue weighted by atomic mass is 9.89. The van der Waals surface area contributed by atoms with Gasteiger partial charge in [0.1, 0.15) is 17.1 Å². The summed E-state index contributed by atoms with van der Waals surface area (Å²) < 4.78 is 7.43. The van der Waals surface area contributed by atoms with Crippen molar-refractivity contribution >= 4 is 34.8 Å². The van der Waals surface area contributed by atoms with E-state index in [2.05, 4.69) is 11.1 Å². The second-order valence-corrected chi connectivity index (χ2v) is 9.33. The molecule has 7 heteroatoms. The number of fused-ring (bicyclic) bond motifs is 2. The van der Waals surface area contributed by atoms with E-state index in [0.29, 0.717) is 11.4 Å². The van der Waals surface area contributed by atoms with Crippen LogP contribution in [0.5, 0.6) is 17.4 Å². The van der Waals surface area contributed by atoms with Crippen molar-refractivity contribution in [2.24, 2.45) is 0 Å². The average Bonchev–Trinajstić information content (AvgIpc) is 2.91. The third-order valence-corrected chi connectivity index (χ3v) is 6.81. The molecule has 5 aromatic rings. The molecular weight excluding hydrogens is 482 g/mol. The van der Waals surface area contributed by atoms with Crippen molar-refractivity contribution in [2.75, 3.05) is 0 Å². The standard InChI is InChI=1S/C30H23N3O3S/c34-28-25(17-19-8-6-12-27-24(19)18-20-7-4-5-11-26(20)31-27)29(35)33(30(37)32-28)21-13-15-23(16-14-21)36-22-9-2-1-3-10-22/h1-5,7,9-11,13-18,35H,6,8,12H2,(H,32,34,37). The summed E-state index contributed by atoms with van der Waals surface area (Å²) in [7, 11) is 0. The molecule has 6 nitrogen and oxygen atoms in total. The van der Waals surface area contributed by atoms with E-state index in [1.54, 1.807) is 30.3 Å². The molecule has 2 heterocycles. The van der Waals surface area contributed by atoms with Crippen LogP contribution in [0.25, 0.3) is 28.2 Å². The number of benzene rings is 3. The number of nitrogens with zero attached hydrogens (tertiary/aromatic N) is 2. The van der Waals surface area contributed by atoms with Crippen molar-refractivity contribution in [2.45, 2.75) is 19.3 Å². The quantitative estimate of drug-likeness (QED) is 0.262. The minimum Gasteiger partial charge on any atom is -0.494 e. The Morgan fingerprint density at radius 3 is 2.49 bits per heavy atom. The Labute approximate surface area is 218 Å². The minimum atomic E-state index is -0.434. The molecule has 0 radical (unpaired) electrons. The first-order chi connectivity index (χ1) is 18.1. The number of para-hydroxylation sites is 2. The highest BCUT2D eigenvalue weighted by Gasteiger charge is 2.19. The molecular formula is C30H23N3O3S. The second kappa shape index (κ2) is 9.52. The van der Waals surface area contributed by atoms with E-state index in [1.807, 2.05) is 54.6 Å². The van der Waals surface area contributed by atoms with Gasteiger partial charge in [0, 0.05) is 11.1 Å².